The Morgan fingerprint density at radius 1 is 1.24 bits per heavy atom. The van der Waals surface area contributed by atoms with Gasteiger partial charge in [-0.1, -0.05) is 18.2 Å². The first kappa shape index (κ1) is 10.8. The number of fused-ring (bicyclic) bond motifs is 1. The van der Waals surface area contributed by atoms with E-state index in [0.29, 0.717) is 12.6 Å². The largest absolute Gasteiger partial charge is 0.344 e. The molecule has 90 valence electrons. The highest BCUT2D eigenvalue weighted by atomic mass is 15.0. The monoisotopic (exact) mass is 229 g/mol. The molecule has 0 radical (unpaired) electrons. The molecule has 1 saturated heterocycles. The average molecular weight is 229 g/mol. The van der Waals surface area contributed by atoms with E-state index in [-0.39, 0.29) is 0 Å². The minimum absolute atomic E-state index is 0.623. The molecular weight excluding hydrogens is 210 g/mol. The van der Waals surface area contributed by atoms with Gasteiger partial charge in [0.25, 0.3) is 0 Å². The average Bonchev–Trinajstić information content (AvgIpc) is 2.78. The fraction of sp³-hybridized carbons (Fsp3) is 0.429. The first-order chi connectivity index (χ1) is 8.40. The van der Waals surface area contributed by atoms with Crippen molar-refractivity contribution in [1.29, 1.82) is 0 Å². The Balaban J connectivity index is 2.08. The summed E-state index contributed by atoms with van der Waals surface area (Å²) < 4.78 is 2.43. The molecule has 1 aromatic heterocycles. The molecule has 0 amide bonds. The summed E-state index contributed by atoms with van der Waals surface area (Å²) in [7, 11) is 0. The van der Waals surface area contributed by atoms with Crippen molar-refractivity contribution in [2.75, 3.05) is 13.1 Å². The van der Waals surface area contributed by atoms with Crippen molar-refractivity contribution in [3.63, 3.8) is 0 Å². The lowest BCUT2D eigenvalue weighted by Crippen LogP contribution is -2.29. The fourth-order valence-corrected chi connectivity index (χ4v) is 2.83. The van der Waals surface area contributed by atoms with E-state index in [4.69, 9.17) is 5.73 Å². The van der Waals surface area contributed by atoms with Crippen molar-refractivity contribution in [3.8, 4) is 0 Å². The van der Waals surface area contributed by atoms with E-state index in [9.17, 15) is 0 Å². The predicted molar refractivity (Wildman–Crippen MR) is 71.0 cm³/mol. The van der Waals surface area contributed by atoms with E-state index in [0.717, 1.165) is 13.1 Å². The molecule has 0 spiro atoms. The fourth-order valence-electron chi connectivity index (χ4n) is 2.83. The van der Waals surface area contributed by atoms with Crippen LogP contribution in [0.15, 0.2) is 30.5 Å². The summed E-state index contributed by atoms with van der Waals surface area (Å²) in [5, 5.41) is 4.73. The summed E-state index contributed by atoms with van der Waals surface area (Å²) in [6.07, 6.45) is 4.67. The van der Waals surface area contributed by atoms with Crippen molar-refractivity contribution in [2.24, 2.45) is 5.73 Å². The van der Waals surface area contributed by atoms with Gasteiger partial charge in [0.15, 0.2) is 0 Å². The molecule has 0 aliphatic carbocycles. The summed E-state index contributed by atoms with van der Waals surface area (Å²) in [5.74, 6) is 0. The molecule has 0 unspecified atom stereocenters. The number of para-hydroxylation sites is 1. The van der Waals surface area contributed by atoms with Gasteiger partial charge in [0, 0.05) is 29.7 Å². The number of benzene rings is 1. The summed E-state index contributed by atoms with van der Waals surface area (Å²) in [5.41, 5.74) is 8.43. The topological polar surface area (TPSA) is 43.0 Å². The zero-order valence-corrected chi connectivity index (χ0v) is 10.0. The summed E-state index contributed by atoms with van der Waals surface area (Å²) in [6.45, 7) is 2.86. The molecule has 1 fully saturated rings. The molecule has 0 bridgehead atoms. The van der Waals surface area contributed by atoms with Crippen LogP contribution in [-0.4, -0.2) is 17.7 Å². The molecule has 17 heavy (non-hydrogen) atoms. The molecule has 0 atom stereocenters. The zero-order chi connectivity index (χ0) is 11.7. The Bertz CT molecular complexity index is 509. The van der Waals surface area contributed by atoms with Crippen molar-refractivity contribution >= 4 is 10.9 Å². The van der Waals surface area contributed by atoms with Gasteiger partial charge in [0.1, 0.15) is 0 Å². The first-order valence-electron chi connectivity index (χ1n) is 6.39. The van der Waals surface area contributed by atoms with Crippen LogP contribution >= 0.6 is 0 Å². The van der Waals surface area contributed by atoms with E-state index in [2.05, 4.69) is 40.3 Å². The zero-order valence-electron chi connectivity index (χ0n) is 10.0. The van der Waals surface area contributed by atoms with Crippen molar-refractivity contribution in [3.05, 3.63) is 36.0 Å². The van der Waals surface area contributed by atoms with Crippen molar-refractivity contribution in [1.82, 2.24) is 9.88 Å². The van der Waals surface area contributed by atoms with Crippen LogP contribution in [0.3, 0.4) is 0 Å². The molecule has 1 aliphatic heterocycles. The SMILES string of the molecule is NCc1cn(C2CCNCC2)c2ccccc12. The lowest BCUT2D eigenvalue weighted by Gasteiger charge is -2.25. The van der Waals surface area contributed by atoms with Gasteiger partial charge in [-0.15, -0.1) is 0 Å². The molecule has 3 rings (SSSR count). The smallest absolute Gasteiger partial charge is 0.0486 e. The van der Waals surface area contributed by atoms with E-state index in [1.165, 1.54) is 29.3 Å². The maximum atomic E-state index is 5.83. The number of rotatable bonds is 2. The number of hydrogen-bond donors (Lipinski definition) is 2. The predicted octanol–water partition coefficient (Wildman–Crippen LogP) is 2.02. The van der Waals surface area contributed by atoms with Gasteiger partial charge in [0.2, 0.25) is 0 Å². The van der Waals surface area contributed by atoms with E-state index >= 15 is 0 Å². The number of hydrogen-bond acceptors (Lipinski definition) is 2. The van der Waals surface area contributed by atoms with Gasteiger partial charge in [-0.3, -0.25) is 0 Å². The number of aromatic nitrogens is 1. The van der Waals surface area contributed by atoms with Gasteiger partial charge in [0.05, 0.1) is 0 Å². The summed E-state index contributed by atoms with van der Waals surface area (Å²) >= 11 is 0. The Morgan fingerprint density at radius 3 is 2.76 bits per heavy atom. The van der Waals surface area contributed by atoms with Crippen LogP contribution in [0.5, 0.6) is 0 Å². The molecule has 1 aliphatic rings. The lowest BCUT2D eigenvalue weighted by atomic mass is 10.1. The van der Waals surface area contributed by atoms with Crippen LogP contribution in [0.2, 0.25) is 0 Å². The second kappa shape index (κ2) is 4.51. The number of piperidine rings is 1. The third-order valence-electron chi connectivity index (χ3n) is 3.75. The van der Waals surface area contributed by atoms with Crippen LogP contribution in [-0.2, 0) is 6.54 Å². The first-order valence-corrected chi connectivity index (χ1v) is 6.39. The van der Waals surface area contributed by atoms with Gasteiger partial charge >= 0.3 is 0 Å². The summed E-state index contributed by atoms with van der Waals surface area (Å²) in [6, 6.07) is 9.21. The van der Waals surface area contributed by atoms with Gasteiger partial charge < -0.3 is 15.6 Å². The van der Waals surface area contributed by atoms with E-state index in [1.807, 2.05) is 0 Å². The molecular formula is C14H19N3. The van der Waals surface area contributed by atoms with E-state index < -0.39 is 0 Å². The molecule has 2 aromatic rings. The second-order valence-corrected chi connectivity index (χ2v) is 4.76. The molecule has 3 heteroatoms. The Morgan fingerprint density at radius 2 is 2.00 bits per heavy atom. The minimum Gasteiger partial charge on any atom is -0.344 e. The maximum Gasteiger partial charge on any atom is 0.0486 e. The van der Waals surface area contributed by atoms with Gasteiger partial charge in [-0.05, 0) is 37.6 Å². The Labute approximate surface area is 102 Å². The Hall–Kier alpha value is -1.32. The maximum absolute atomic E-state index is 5.83. The standard InChI is InChI=1S/C14H19N3/c15-9-11-10-17(12-5-7-16-8-6-12)14-4-2-1-3-13(11)14/h1-4,10,12,16H,5-9,15H2. The number of nitrogens with zero attached hydrogens (tertiary/aromatic N) is 1. The normalized spacial score (nSPS) is 17.7. The minimum atomic E-state index is 0.623. The lowest BCUT2D eigenvalue weighted by molar-refractivity contribution is 0.376. The quantitative estimate of drug-likeness (QED) is 0.827. The molecule has 0 saturated carbocycles. The van der Waals surface area contributed by atoms with Crippen LogP contribution in [0, 0.1) is 0 Å². The summed E-state index contributed by atoms with van der Waals surface area (Å²) in [4.78, 5) is 0. The van der Waals surface area contributed by atoms with Gasteiger partial charge in [-0.2, -0.15) is 0 Å². The second-order valence-electron chi connectivity index (χ2n) is 4.76. The van der Waals surface area contributed by atoms with Crippen molar-refractivity contribution < 1.29 is 0 Å². The molecule has 2 heterocycles. The van der Waals surface area contributed by atoms with Crippen LogP contribution in [0.4, 0.5) is 0 Å². The third kappa shape index (κ3) is 1.85. The van der Waals surface area contributed by atoms with Crippen LogP contribution < -0.4 is 11.1 Å². The highest BCUT2D eigenvalue weighted by Gasteiger charge is 2.17. The molecule has 1 aromatic carbocycles. The van der Waals surface area contributed by atoms with Gasteiger partial charge in [-0.25, -0.2) is 0 Å². The molecule has 3 nitrogen and oxygen atoms in total. The highest BCUT2D eigenvalue weighted by molar-refractivity contribution is 5.84. The molecule has 3 N–H and O–H groups in total. The highest BCUT2D eigenvalue weighted by Crippen LogP contribution is 2.28. The van der Waals surface area contributed by atoms with Crippen molar-refractivity contribution in [2.45, 2.75) is 25.4 Å². The van der Waals surface area contributed by atoms with Crippen LogP contribution in [0.25, 0.3) is 10.9 Å². The van der Waals surface area contributed by atoms with E-state index in [1.54, 1.807) is 0 Å². The third-order valence-corrected chi connectivity index (χ3v) is 3.75. The number of nitrogens with one attached hydrogen (secondary N) is 1. The number of nitrogens with two attached hydrogens (primary N) is 1. The Kier molecular flexibility index (Phi) is 2.87. The van der Waals surface area contributed by atoms with Crippen LogP contribution in [0.1, 0.15) is 24.4 Å².